The molecule has 1 amide bonds. The fraction of sp³-hybridized carbons (Fsp3) is 0.409. The number of benzene rings is 2. The van der Waals surface area contributed by atoms with Crippen LogP contribution >= 0.6 is 0 Å². The molecule has 28 heavy (non-hydrogen) atoms. The van der Waals surface area contributed by atoms with E-state index in [0.717, 1.165) is 59.7 Å². The zero-order valence-electron chi connectivity index (χ0n) is 15.6. The molecular formula is C22H22N2O4. The first-order valence-corrected chi connectivity index (χ1v) is 9.94. The van der Waals surface area contributed by atoms with Crippen molar-refractivity contribution in [3.8, 4) is 11.5 Å². The quantitative estimate of drug-likeness (QED) is 0.813. The second kappa shape index (κ2) is 5.64. The summed E-state index contributed by atoms with van der Waals surface area (Å²) in [4.78, 5) is 15.8. The van der Waals surface area contributed by atoms with E-state index in [2.05, 4.69) is 6.07 Å². The minimum atomic E-state index is -0.883. The van der Waals surface area contributed by atoms with Gasteiger partial charge < -0.3 is 24.8 Å². The van der Waals surface area contributed by atoms with Crippen LogP contribution in [0.4, 0.5) is 11.4 Å². The van der Waals surface area contributed by atoms with Gasteiger partial charge in [-0.3, -0.25) is 4.79 Å². The molecule has 0 bridgehead atoms. The Morgan fingerprint density at radius 1 is 1.18 bits per heavy atom. The highest BCUT2D eigenvalue weighted by Crippen LogP contribution is 2.55. The number of hydrogen-bond acceptors (Lipinski definition) is 5. The maximum atomic E-state index is 13.9. The first kappa shape index (κ1) is 16.2. The summed E-state index contributed by atoms with van der Waals surface area (Å²) in [6, 6.07) is 9.80. The van der Waals surface area contributed by atoms with Crippen molar-refractivity contribution in [3.05, 3.63) is 47.0 Å². The first-order chi connectivity index (χ1) is 13.7. The Hall–Kier alpha value is -2.73. The summed E-state index contributed by atoms with van der Waals surface area (Å²) in [5.74, 6) is 1.62. The summed E-state index contributed by atoms with van der Waals surface area (Å²) in [5.41, 5.74) is 9.99. The van der Waals surface area contributed by atoms with Crippen LogP contribution in [-0.2, 0) is 21.4 Å². The van der Waals surface area contributed by atoms with E-state index < -0.39 is 5.41 Å². The molecule has 0 saturated carbocycles. The molecular weight excluding hydrogens is 356 g/mol. The van der Waals surface area contributed by atoms with Crippen molar-refractivity contribution in [1.29, 1.82) is 0 Å². The summed E-state index contributed by atoms with van der Waals surface area (Å²) in [6.45, 7) is 2.26. The molecule has 1 fully saturated rings. The molecule has 0 aromatic heterocycles. The number of nitrogen functional groups attached to an aromatic ring is 1. The van der Waals surface area contributed by atoms with Gasteiger partial charge in [-0.05, 0) is 36.6 Å². The molecule has 1 saturated heterocycles. The lowest BCUT2D eigenvalue weighted by atomic mass is 9.76. The average Bonchev–Trinajstić information content (AvgIpc) is 3.46. The van der Waals surface area contributed by atoms with Gasteiger partial charge >= 0.3 is 0 Å². The molecule has 6 nitrogen and oxygen atoms in total. The molecule has 1 unspecified atom stereocenters. The monoisotopic (exact) mass is 378 g/mol. The van der Waals surface area contributed by atoms with E-state index in [1.54, 1.807) is 0 Å². The maximum Gasteiger partial charge on any atom is 0.246 e. The topological polar surface area (TPSA) is 74.0 Å². The van der Waals surface area contributed by atoms with E-state index in [0.29, 0.717) is 18.8 Å². The third kappa shape index (κ3) is 1.98. The second-order valence-corrected chi connectivity index (χ2v) is 8.04. The van der Waals surface area contributed by atoms with Gasteiger partial charge in [-0.1, -0.05) is 6.07 Å². The zero-order valence-corrected chi connectivity index (χ0v) is 15.6. The summed E-state index contributed by atoms with van der Waals surface area (Å²) in [6.07, 6.45) is 2.94. The minimum absolute atomic E-state index is 0.0357. The summed E-state index contributed by atoms with van der Waals surface area (Å²) >= 11 is 0. The highest BCUT2D eigenvalue weighted by molar-refractivity contribution is 6.13. The normalized spacial score (nSPS) is 26.9. The van der Waals surface area contributed by atoms with E-state index in [1.807, 2.05) is 29.2 Å². The number of hydrogen-bond donors (Lipinski definition) is 1. The molecule has 4 aliphatic heterocycles. The van der Waals surface area contributed by atoms with Crippen molar-refractivity contribution in [2.75, 3.05) is 37.0 Å². The van der Waals surface area contributed by atoms with Gasteiger partial charge in [-0.15, -0.1) is 0 Å². The highest BCUT2D eigenvalue weighted by Gasteiger charge is 2.58. The first-order valence-electron chi connectivity index (χ1n) is 9.94. The van der Waals surface area contributed by atoms with Crippen LogP contribution in [0.1, 0.15) is 29.5 Å². The number of fused-ring (bicyclic) bond motifs is 5. The molecule has 2 aromatic carbocycles. The third-order valence-electron chi connectivity index (χ3n) is 6.51. The molecule has 144 valence electrons. The standard InChI is InChI=1S/C22H22N2O4/c23-16-4-1-5-17-20(16)22(21(25)24(17)11-14-3-2-7-26-14)12-28-19-10-18-13(6-8-27-18)9-15(19)22/h1,4-5,9-10,14H,2-3,6-8,11-12,23H2/t14-,22?/m1/s1. The van der Waals surface area contributed by atoms with Gasteiger partial charge in [0.05, 0.1) is 24.9 Å². The number of nitrogens with two attached hydrogens (primary N) is 1. The second-order valence-electron chi connectivity index (χ2n) is 8.04. The lowest BCUT2D eigenvalue weighted by Crippen LogP contribution is -2.45. The molecule has 1 spiro atoms. The van der Waals surface area contributed by atoms with Crippen molar-refractivity contribution >= 4 is 17.3 Å². The van der Waals surface area contributed by atoms with Crippen LogP contribution in [0.15, 0.2) is 30.3 Å². The molecule has 0 aliphatic carbocycles. The molecule has 2 aromatic rings. The number of anilines is 2. The van der Waals surface area contributed by atoms with Crippen LogP contribution in [0, 0.1) is 0 Å². The van der Waals surface area contributed by atoms with Crippen LogP contribution in [0.2, 0.25) is 0 Å². The van der Waals surface area contributed by atoms with Gasteiger partial charge in [0.25, 0.3) is 0 Å². The lowest BCUT2D eigenvalue weighted by Gasteiger charge is -2.25. The highest BCUT2D eigenvalue weighted by atomic mass is 16.5. The number of amides is 1. The Balaban J connectivity index is 1.53. The number of carbonyl (C=O) groups excluding carboxylic acids is 1. The average molecular weight is 378 g/mol. The Morgan fingerprint density at radius 2 is 2.11 bits per heavy atom. The van der Waals surface area contributed by atoms with Crippen molar-refractivity contribution < 1.29 is 19.0 Å². The molecule has 2 atom stereocenters. The van der Waals surface area contributed by atoms with E-state index in [9.17, 15) is 4.79 Å². The molecule has 0 radical (unpaired) electrons. The predicted octanol–water partition coefficient (Wildman–Crippen LogP) is 2.41. The lowest BCUT2D eigenvalue weighted by molar-refractivity contribution is -0.122. The van der Waals surface area contributed by atoms with Crippen LogP contribution < -0.4 is 20.1 Å². The number of carbonyl (C=O) groups is 1. The van der Waals surface area contributed by atoms with E-state index in [1.165, 1.54) is 0 Å². The minimum Gasteiger partial charge on any atom is -0.493 e. The molecule has 4 heterocycles. The van der Waals surface area contributed by atoms with Gasteiger partial charge in [0.1, 0.15) is 23.5 Å². The zero-order chi connectivity index (χ0) is 18.9. The number of nitrogens with zero attached hydrogens (tertiary/aromatic N) is 1. The van der Waals surface area contributed by atoms with Crippen LogP contribution in [0.5, 0.6) is 11.5 Å². The van der Waals surface area contributed by atoms with E-state index in [-0.39, 0.29) is 18.6 Å². The number of ether oxygens (including phenoxy) is 3. The van der Waals surface area contributed by atoms with E-state index in [4.69, 9.17) is 19.9 Å². The predicted molar refractivity (Wildman–Crippen MR) is 104 cm³/mol. The van der Waals surface area contributed by atoms with Gasteiger partial charge in [-0.2, -0.15) is 0 Å². The molecule has 6 heteroatoms. The third-order valence-corrected chi connectivity index (χ3v) is 6.51. The van der Waals surface area contributed by atoms with Crippen LogP contribution in [-0.4, -0.2) is 38.4 Å². The van der Waals surface area contributed by atoms with Gasteiger partial charge in [-0.25, -0.2) is 0 Å². The molecule has 6 rings (SSSR count). The fourth-order valence-electron chi connectivity index (χ4n) is 5.17. The van der Waals surface area contributed by atoms with Gasteiger partial charge in [0.15, 0.2) is 0 Å². The smallest absolute Gasteiger partial charge is 0.246 e. The van der Waals surface area contributed by atoms with Crippen molar-refractivity contribution in [1.82, 2.24) is 0 Å². The Labute approximate surface area is 163 Å². The SMILES string of the molecule is Nc1cccc2c1C1(COc3cc4c(cc31)CCO4)C(=O)N2C[C@H]1CCCO1. The Morgan fingerprint density at radius 3 is 2.96 bits per heavy atom. The van der Waals surface area contributed by atoms with E-state index >= 15 is 0 Å². The van der Waals surface area contributed by atoms with Crippen LogP contribution in [0.25, 0.3) is 0 Å². The summed E-state index contributed by atoms with van der Waals surface area (Å²) < 4.78 is 17.6. The van der Waals surface area contributed by atoms with Crippen molar-refractivity contribution in [3.63, 3.8) is 0 Å². The van der Waals surface area contributed by atoms with Crippen molar-refractivity contribution in [2.24, 2.45) is 0 Å². The summed E-state index contributed by atoms with van der Waals surface area (Å²) in [5, 5.41) is 0. The van der Waals surface area contributed by atoms with Crippen LogP contribution in [0.3, 0.4) is 0 Å². The molecule has 2 N–H and O–H groups in total. The molecule has 4 aliphatic rings. The largest absolute Gasteiger partial charge is 0.493 e. The number of rotatable bonds is 2. The maximum absolute atomic E-state index is 13.9. The Bertz CT molecular complexity index is 998. The Kier molecular flexibility index (Phi) is 3.27. The van der Waals surface area contributed by atoms with Crippen molar-refractivity contribution in [2.45, 2.75) is 30.8 Å². The summed E-state index contributed by atoms with van der Waals surface area (Å²) in [7, 11) is 0. The van der Waals surface area contributed by atoms with Gasteiger partial charge in [0.2, 0.25) is 5.91 Å². The van der Waals surface area contributed by atoms with Gasteiger partial charge in [0, 0.05) is 35.9 Å². The fourth-order valence-corrected chi connectivity index (χ4v) is 5.17.